The Hall–Kier alpha value is -1.63. The number of carbonyl (C=O) groups is 3. The van der Waals surface area contributed by atoms with Gasteiger partial charge in [-0.25, -0.2) is 0 Å². The van der Waals surface area contributed by atoms with Gasteiger partial charge in [-0.2, -0.15) is 0 Å². The van der Waals surface area contributed by atoms with Crippen LogP contribution in [0.4, 0.5) is 0 Å². The van der Waals surface area contributed by atoms with E-state index in [1.165, 1.54) is 0 Å². The molecule has 0 aliphatic rings. The largest absolute Gasteiger partial charge is 0.369 e. The predicted octanol–water partition coefficient (Wildman–Crippen LogP) is 0.139. The fraction of sp³-hybridized carbons (Fsp3) is 0.786. The van der Waals surface area contributed by atoms with Crippen molar-refractivity contribution in [1.82, 2.24) is 10.6 Å². The summed E-state index contributed by atoms with van der Waals surface area (Å²) in [6, 6.07) is 0. The summed E-state index contributed by atoms with van der Waals surface area (Å²) in [5, 5.41) is 5.12. The van der Waals surface area contributed by atoms with Crippen molar-refractivity contribution in [3.63, 3.8) is 0 Å². The average Bonchev–Trinajstić information content (AvgIpc) is 2.41. The summed E-state index contributed by atoms with van der Waals surface area (Å²) in [6.07, 6.45) is 0.989. The maximum absolute atomic E-state index is 11.8. The minimum atomic E-state index is -0.392. The molecule has 21 heavy (non-hydrogen) atoms. The van der Waals surface area contributed by atoms with Crippen LogP contribution in [-0.2, 0) is 19.1 Å². The van der Waals surface area contributed by atoms with E-state index in [-0.39, 0.29) is 43.0 Å². The van der Waals surface area contributed by atoms with Crippen molar-refractivity contribution < 1.29 is 19.1 Å². The third-order valence-corrected chi connectivity index (χ3v) is 3.08. The van der Waals surface area contributed by atoms with Gasteiger partial charge >= 0.3 is 0 Å². The van der Waals surface area contributed by atoms with E-state index in [0.29, 0.717) is 12.8 Å². The Morgan fingerprint density at radius 3 is 2.24 bits per heavy atom. The summed E-state index contributed by atoms with van der Waals surface area (Å²) < 4.78 is 5.13. The van der Waals surface area contributed by atoms with Gasteiger partial charge in [0.15, 0.2) is 0 Å². The van der Waals surface area contributed by atoms with Crippen LogP contribution in [0.2, 0.25) is 0 Å². The first kappa shape index (κ1) is 19.4. The van der Waals surface area contributed by atoms with E-state index in [0.717, 1.165) is 0 Å². The van der Waals surface area contributed by atoms with Crippen molar-refractivity contribution in [2.75, 3.05) is 13.3 Å². The van der Waals surface area contributed by atoms with Crippen LogP contribution in [-0.4, -0.2) is 37.1 Å². The van der Waals surface area contributed by atoms with Gasteiger partial charge in [0.2, 0.25) is 17.7 Å². The molecular weight excluding hydrogens is 274 g/mol. The summed E-state index contributed by atoms with van der Waals surface area (Å²) >= 11 is 0. The van der Waals surface area contributed by atoms with Crippen molar-refractivity contribution >= 4 is 17.7 Å². The van der Waals surface area contributed by atoms with Gasteiger partial charge in [-0.1, -0.05) is 13.8 Å². The molecule has 2 unspecified atom stereocenters. The molecule has 0 aromatic heterocycles. The topological polar surface area (TPSA) is 111 Å². The number of carbonyl (C=O) groups excluding carboxylic acids is 3. The highest BCUT2D eigenvalue weighted by Crippen LogP contribution is 2.15. The first-order valence-electron chi connectivity index (χ1n) is 7.23. The Balaban J connectivity index is 3.97. The fourth-order valence-electron chi connectivity index (χ4n) is 1.72. The molecule has 0 aliphatic carbocycles. The number of amides is 3. The molecule has 0 bridgehead atoms. The Morgan fingerprint density at radius 1 is 1.14 bits per heavy atom. The number of hydrogen-bond acceptors (Lipinski definition) is 4. The first-order chi connectivity index (χ1) is 9.77. The molecule has 0 aromatic carbocycles. The minimum absolute atomic E-state index is 0.0230. The van der Waals surface area contributed by atoms with E-state index in [4.69, 9.17) is 10.5 Å². The highest BCUT2D eigenvalue weighted by Gasteiger charge is 2.21. The zero-order valence-electron chi connectivity index (χ0n) is 13.3. The third-order valence-electron chi connectivity index (χ3n) is 3.08. The number of ether oxygens (including phenoxy) is 1. The quantitative estimate of drug-likeness (QED) is 0.498. The van der Waals surface area contributed by atoms with Gasteiger partial charge in [0.05, 0.1) is 12.8 Å². The predicted molar refractivity (Wildman–Crippen MR) is 79.0 cm³/mol. The normalized spacial score (nSPS) is 13.6. The van der Waals surface area contributed by atoms with E-state index in [2.05, 4.69) is 10.6 Å². The average molecular weight is 301 g/mol. The van der Waals surface area contributed by atoms with Gasteiger partial charge in [0, 0.05) is 11.8 Å². The zero-order valence-corrected chi connectivity index (χ0v) is 13.3. The second-order valence-corrected chi connectivity index (χ2v) is 5.32. The third kappa shape index (κ3) is 9.01. The van der Waals surface area contributed by atoms with Gasteiger partial charge in [0.1, 0.15) is 6.61 Å². The molecule has 0 aliphatic heterocycles. The lowest BCUT2D eigenvalue weighted by Crippen LogP contribution is -2.41. The van der Waals surface area contributed by atoms with E-state index < -0.39 is 5.91 Å². The van der Waals surface area contributed by atoms with Crippen LogP contribution in [0.3, 0.4) is 0 Å². The van der Waals surface area contributed by atoms with Gasteiger partial charge in [-0.15, -0.1) is 0 Å². The van der Waals surface area contributed by atoms with E-state index in [1.807, 2.05) is 20.8 Å². The van der Waals surface area contributed by atoms with Crippen LogP contribution >= 0.6 is 0 Å². The second-order valence-electron chi connectivity index (χ2n) is 5.32. The summed E-state index contributed by atoms with van der Waals surface area (Å²) in [7, 11) is 0. The van der Waals surface area contributed by atoms with Crippen LogP contribution in [0, 0.1) is 11.8 Å². The molecule has 0 saturated carbocycles. The second kappa shape index (κ2) is 10.1. The monoisotopic (exact) mass is 301 g/mol. The zero-order chi connectivity index (χ0) is 16.4. The molecule has 122 valence electrons. The first-order valence-corrected chi connectivity index (χ1v) is 7.23. The molecule has 3 amide bonds. The fourth-order valence-corrected chi connectivity index (χ4v) is 1.72. The van der Waals surface area contributed by atoms with E-state index in [1.54, 1.807) is 6.92 Å². The van der Waals surface area contributed by atoms with Crippen molar-refractivity contribution in [2.45, 2.75) is 46.6 Å². The lowest BCUT2D eigenvalue weighted by Gasteiger charge is -2.17. The maximum Gasteiger partial charge on any atom is 0.247 e. The Morgan fingerprint density at radius 2 is 1.76 bits per heavy atom. The summed E-state index contributed by atoms with van der Waals surface area (Å²) in [5.74, 6) is -1.55. The van der Waals surface area contributed by atoms with Crippen molar-refractivity contribution in [2.24, 2.45) is 17.6 Å². The smallest absolute Gasteiger partial charge is 0.247 e. The standard InChI is InChI=1S/C14H27N3O4/c1-5-11(13(15)19)6-10(4)14(20)17-8-16-12(18)7-21-9(2)3/h9-11H,5-8H2,1-4H3,(H2,15,19)(H,16,18)(H,17,20). The SMILES string of the molecule is CCC(CC(C)C(=O)NCNC(=O)COC(C)C)C(N)=O. The van der Waals surface area contributed by atoms with Crippen LogP contribution in [0.15, 0.2) is 0 Å². The summed E-state index contributed by atoms with van der Waals surface area (Å²) in [4.78, 5) is 34.3. The molecule has 0 spiro atoms. The molecule has 0 rings (SSSR count). The molecule has 0 heterocycles. The van der Waals surface area contributed by atoms with Crippen molar-refractivity contribution in [3.8, 4) is 0 Å². The molecule has 0 radical (unpaired) electrons. The molecule has 0 saturated heterocycles. The number of nitrogens with two attached hydrogens (primary N) is 1. The Labute approximate surface area is 126 Å². The van der Waals surface area contributed by atoms with Gasteiger partial charge in [-0.05, 0) is 26.7 Å². The lowest BCUT2D eigenvalue weighted by molar-refractivity contribution is -0.128. The molecule has 7 heteroatoms. The van der Waals surface area contributed by atoms with Crippen LogP contribution in [0.25, 0.3) is 0 Å². The molecular formula is C14H27N3O4. The molecule has 4 N–H and O–H groups in total. The molecule has 2 atom stereocenters. The lowest BCUT2D eigenvalue weighted by atomic mass is 9.92. The number of hydrogen-bond donors (Lipinski definition) is 3. The van der Waals surface area contributed by atoms with Crippen LogP contribution in [0.5, 0.6) is 0 Å². The van der Waals surface area contributed by atoms with E-state index >= 15 is 0 Å². The Bertz CT molecular complexity index is 358. The van der Waals surface area contributed by atoms with E-state index in [9.17, 15) is 14.4 Å². The number of rotatable bonds is 10. The number of primary amides is 1. The summed E-state index contributed by atoms with van der Waals surface area (Å²) in [6.45, 7) is 7.25. The molecule has 0 fully saturated rings. The maximum atomic E-state index is 11.8. The Kier molecular flexibility index (Phi) is 9.36. The van der Waals surface area contributed by atoms with Crippen LogP contribution < -0.4 is 16.4 Å². The highest BCUT2D eigenvalue weighted by atomic mass is 16.5. The molecule has 7 nitrogen and oxygen atoms in total. The molecule has 0 aromatic rings. The van der Waals surface area contributed by atoms with Crippen LogP contribution in [0.1, 0.15) is 40.5 Å². The summed E-state index contributed by atoms with van der Waals surface area (Å²) in [5.41, 5.74) is 5.25. The van der Waals surface area contributed by atoms with Gasteiger partial charge < -0.3 is 21.1 Å². The van der Waals surface area contributed by atoms with Gasteiger partial charge in [0.25, 0.3) is 0 Å². The number of nitrogens with one attached hydrogen (secondary N) is 2. The minimum Gasteiger partial charge on any atom is -0.369 e. The highest BCUT2D eigenvalue weighted by molar-refractivity contribution is 5.81. The van der Waals surface area contributed by atoms with Crippen molar-refractivity contribution in [3.05, 3.63) is 0 Å². The van der Waals surface area contributed by atoms with Crippen molar-refractivity contribution in [1.29, 1.82) is 0 Å². The van der Waals surface area contributed by atoms with Gasteiger partial charge in [-0.3, -0.25) is 14.4 Å².